The highest BCUT2D eigenvalue weighted by molar-refractivity contribution is 14.0. The summed E-state index contributed by atoms with van der Waals surface area (Å²) in [6.45, 7) is 2.15. The molecule has 0 bridgehead atoms. The Morgan fingerprint density at radius 2 is 1.86 bits per heavy atom. The highest BCUT2D eigenvalue weighted by atomic mass is 127. The first-order valence-corrected chi connectivity index (χ1v) is 6.42. The number of aryl methyl sites for hydroxylation is 1. The predicted octanol–water partition coefficient (Wildman–Crippen LogP) is 3.45. The molecule has 0 heterocycles. The zero-order valence-corrected chi connectivity index (χ0v) is 14.4. The maximum absolute atomic E-state index is 10.9. The number of anilines is 1. The molecule has 0 spiro atoms. The van der Waals surface area contributed by atoms with Gasteiger partial charge in [0.15, 0.2) is 5.96 Å². The van der Waals surface area contributed by atoms with Crippen LogP contribution in [0.1, 0.15) is 11.1 Å². The third kappa shape index (κ3) is 4.99. The fraction of sp³-hybridized carbons (Fsp3) is 0.133. The number of nitrogens with one attached hydrogen (secondary N) is 1. The predicted molar refractivity (Wildman–Crippen MR) is 98.6 cm³/mol. The van der Waals surface area contributed by atoms with Gasteiger partial charge in [-0.25, -0.2) is 4.99 Å². The van der Waals surface area contributed by atoms with Gasteiger partial charge in [-0.1, -0.05) is 35.9 Å². The molecule has 0 fully saturated rings. The molecule has 0 saturated carbocycles. The molecule has 0 radical (unpaired) electrons. The average Bonchev–Trinajstić information content (AvgIpc) is 2.48. The first-order chi connectivity index (χ1) is 10.1. The Morgan fingerprint density at radius 1 is 1.23 bits per heavy atom. The quantitative estimate of drug-likeness (QED) is 0.265. The summed E-state index contributed by atoms with van der Waals surface area (Å²) in [6, 6.07) is 14.2. The van der Waals surface area contributed by atoms with E-state index < -0.39 is 4.92 Å². The lowest BCUT2D eigenvalue weighted by Crippen LogP contribution is -2.22. The van der Waals surface area contributed by atoms with Gasteiger partial charge in [0.2, 0.25) is 0 Å². The van der Waals surface area contributed by atoms with Crippen LogP contribution in [0.3, 0.4) is 0 Å². The summed E-state index contributed by atoms with van der Waals surface area (Å²) in [4.78, 5) is 14.6. The van der Waals surface area contributed by atoms with Crippen LogP contribution in [0.15, 0.2) is 53.5 Å². The van der Waals surface area contributed by atoms with Crippen molar-refractivity contribution >= 4 is 41.3 Å². The SMILES string of the molecule is Cc1ccc(NC(N)=NCc2ccccc2[N+](=O)[O-])cc1.I. The third-order valence-corrected chi connectivity index (χ3v) is 2.93. The molecule has 0 amide bonds. The number of rotatable bonds is 4. The molecule has 116 valence electrons. The number of guanidine groups is 1. The van der Waals surface area contributed by atoms with Gasteiger partial charge in [-0.15, -0.1) is 24.0 Å². The van der Waals surface area contributed by atoms with Crippen LogP contribution < -0.4 is 11.1 Å². The normalized spacial score (nSPS) is 10.7. The van der Waals surface area contributed by atoms with Gasteiger partial charge in [0.1, 0.15) is 0 Å². The molecule has 0 atom stereocenters. The molecule has 7 heteroatoms. The van der Waals surface area contributed by atoms with E-state index in [1.165, 1.54) is 6.07 Å². The van der Waals surface area contributed by atoms with Gasteiger partial charge in [0.25, 0.3) is 5.69 Å². The van der Waals surface area contributed by atoms with Gasteiger partial charge in [0, 0.05) is 11.8 Å². The van der Waals surface area contributed by atoms with Gasteiger partial charge in [-0.05, 0) is 19.1 Å². The van der Waals surface area contributed by atoms with Crippen molar-refractivity contribution in [1.82, 2.24) is 0 Å². The molecule has 2 aromatic carbocycles. The van der Waals surface area contributed by atoms with Gasteiger partial charge >= 0.3 is 0 Å². The second-order valence-corrected chi connectivity index (χ2v) is 4.58. The smallest absolute Gasteiger partial charge is 0.274 e. The molecular formula is C15H17IN4O2. The Bertz CT molecular complexity index is 671. The highest BCUT2D eigenvalue weighted by Gasteiger charge is 2.11. The second kappa shape index (κ2) is 8.32. The van der Waals surface area contributed by atoms with E-state index in [-0.39, 0.29) is 42.2 Å². The number of nitro groups is 1. The van der Waals surface area contributed by atoms with Crippen LogP contribution in [-0.4, -0.2) is 10.9 Å². The lowest BCUT2D eigenvalue weighted by atomic mass is 10.2. The number of benzene rings is 2. The highest BCUT2D eigenvalue weighted by Crippen LogP contribution is 2.18. The minimum atomic E-state index is -0.422. The Balaban J connectivity index is 0.00000242. The molecule has 0 unspecified atom stereocenters. The average molecular weight is 412 g/mol. The van der Waals surface area contributed by atoms with Crippen LogP contribution in [0.25, 0.3) is 0 Å². The Labute approximate surface area is 145 Å². The van der Waals surface area contributed by atoms with E-state index in [1.807, 2.05) is 31.2 Å². The fourth-order valence-corrected chi connectivity index (χ4v) is 1.82. The summed E-state index contributed by atoms with van der Waals surface area (Å²) in [5.41, 5.74) is 8.33. The first-order valence-electron chi connectivity index (χ1n) is 6.42. The van der Waals surface area contributed by atoms with Crippen LogP contribution in [0.4, 0.5) is 11.4 Å². The summed E-state index contributed by atoms with van der Waals surface area (Å²) in [5, 5.41) is 13.8. The van der Waals surface area contributed by atoms with Crippen LogP contribution in [-0.2, 0) is 6.54 Å². The maximum atomic E-state index is 10.9. The van der Waals surface area contributed by atoms with Crippen molar-refractivity contribution in [2.24, 2.45) is 10.7 Å². The van der Waals surface area contributed by atoms with Gasteiger partial charge < -0.3 is 11.1 Å². The monoisotopic (exact) mass is 412 g/mol. The lowest BCUT2D eigenvalue weighted by molar-refractivity contribution is -0.385. The summed E-state index contributed by atoms with van der Waals surface area (Å²) >= 11 is 0. The van der Waals surface area contributed by atoms with Crippen molar-refractivity contribution in [3.05, 3.63) is 69.8 Å². The second-order valence-electron chi connectivity index (χ2n) is 4.58. The zero-order valence-electron chi connectivity index (χ0n) is 12.0. The largest absolute Gasteiger partial charge is 0.370 e. The lowest BCUT2D eigenvalue weighted by Gasteiger charge is -2.06. The minimum Gasteiger partial charge on any atom is -0.370 e. The van der Waals surface area contributed by atoms with Crippen molar-refractivity contribution in [2.75, 3.05) is 5.32 Å². The molecule has 0 aromatic heterocycles. The van der Waals surface area contributed by atoms with E-state index in [2.05, 4.69) is 10.3 Å². The number of halogens is 1. The number of nitro benzene ring substituents is 1. The molecule has 22 heavy (non-hydrogen) atoms. The van der Waals surface area contributed by atoms with Gasteiger partial charge in [-0.3, -0.25) is 10.1 Å². The van der Waals surface area contributed by atoms with Crippen LogP contribution in [0, 0.1) is 17.0 Å². The van der Waals surface area contributed by atoms with E-state index in [1.54, 1.807) is 18.2 Å². The van der Waals surface area contributed by atoms with E-state index in [9.17, 15) is 10.1 Å². The maximum Gasteiger partial charge on any atom is 0.274 e. The third-order valence-electron chi connectivity index (χ3n) is 2.93. The standard InChI is InChI=1S/C15H16N4O2.HI/c1-11-6-8-13(9-7-11)18-15(16)17-10-12-4-2-3-5-14(12)19(20)21;/h2-9H,10H2,1H3,(H3,16,17,18);1H. The zero-order chi connectivity index (χ0) is 15.2. The van der Waals surface area contributed by atoms with Gasteiger partial charge in [-0.2, -0.15) is 0 Å². The van der Waals surface area contributed by atoms with Crippen molar-refractivity contribution in [3.8, 4) is 0 Å². The van der Waals surface area contributed by atoms with Crippen LogP contribution >= 0.6 is 24.0 Å². The molecule has 3 N–H and O–H groups in total. The topological polar surface area (TPSA) is 93.5 Å². The number of aliphatic imine (C=N–C) groups is 1. The molecule has 0 saturated heterocycles. The molecule has 0 aliphatic heterocycles. The molecule has 2 aromatic rings. The molecule has 6 nitrogen and oxygen atoms in total. The van der Waals surface area contributed by atoms with Crippen molar-refractivity contribution in [3.63, 3.8) is 0 Å². The first kappa shape index (κ1) is 17.9. The van der Waals surface area contributed by atoms with Crippen LogP contribution in [0.2, 0.25) is 0 Å². The molecule has 0 aliphatic rings. The van der Waals surface area contributed by atoms with E-state index >= 15 is 0 Å². The number of para-hydroxylation sites is 1. The van der Waals surface area contributed by atoms with Crippen molar-refractivity contribution < 1.29 is 4.92 Å². The number of nitrogens with two attached hydrogens (primary N) is 1. The number of hydrogen-bond acceptors (Lipinski definition) is 3. The van der Waals surface area contributed by atoms with E-state index in [0.29, 0.717) is 5.56 Å². The van der Waals surface area contributed by atoms with Gasteiger partial charge in [0.05, 0.1) is 17.0 Å². The Kier molecular flexibility index (Phi) is 6.77. The molecular weight excluding hydrogens is 395 g/mol. The Hall–Kier alpha value is -2.16. The minimum absolute atomic E-state index is 0. The number of nitrogens with zero attached hydrogens (tertiary/aromatic N) is 2. The summed E-state index contributed by atoms with van der Waals surface area (Å²) < 4.78 is 0. The summed E-state index contributed by atoms with van der Waals surface area (Å²) in [7, 11) is 0. The Morgan fingerprint density at radius 3 is 2.50 bits per heavy atom. The van der Waals surface area contributed by atoms with Crippen molar-refractivity contribution in [2.45, 2.75) is 13.5 Å². The number of hydrogen-bond donors (Lipinski definition) is 2. The summed E-state index contributed by atoms with van der Waals surface area (Å²) in [5.74, 6) is 0.219. The van der Waals surface area contributed by atoms with E-state index in [4.69, 9.17) is 5.73 Å². The fourth-order valence-electron chi connectivity index (χ4n) is 1.82. The van der Waals surface area contributed by atoms with Crippen LogP contribution in [0.5, 0.6) is 0 Å². The molecule has 2 rings (SSSR count). The molecule has 0 aliphatic carbocycles. The van der Waals surface area contributed by atoms with Crippen molar-refractivity contribution in [1.29, 1.82) is 0 Å². The van der Waals surface area contributed by atoms with E-state index in [0.717, 1.165) is 11.3 Å². The summed E-state index contributed by atoms with van der Waals surface area (Å²) in [6.07, 6.45) is 0.